The molecule has 0 aliphatic heterocycles. The van der Waals surface area contributed by atoms with E-state index < -0.39 is 15.9 Å². The zero-order valence-electron chi connectivity index (χ0n) is 11.9. The van der Waals surface area contributed by atoms with Gasteiger partial charge in [0.05, 0.1) is 23.9 Å². The van der Waals surface area contributed by atoms with E-state index in [9.17, 15) is 18.1 Å². The number of methoxy groups -OCH3 is 1. The summed E-state index contributed by atoms with van der Waals surface area (Å²) in [5.41, 5.74) is 5.71. The summed E-state index contributed by atoms with van der Waals surface area (Å²) in [5, 5.41) is 2.25. The molecule has 1 aromatic heterocycles. The number of nitrogens with two attached hydrogens (primary N) is 1. The summed E-state index contributed by atoms with van der Waals surface area (Å²) in [5.74, 6) is -1.03. The van der Waals surface area contributed by atoms with Crippen molar-refractivity contribution in [2.75, 3.05) is 17.6 Å². The van der Waals surface area contributed by atoms with Crippen LogP contribution in [0.5, 0.6) is 5.88 Å². The molecule has 0 radical (unpaired) electrons. The molecule has 0 bridgehead atoms. The van der Waals surface area contributed by atoms with Crippen molar-refractivity contribution in [2.24, 2.45) is 5.18 Å². The minimum Gasteiger partial charge on any atom is -0.479 e. The number of sulfonamides is 1. The number of amides is 1. The fourth-order valence-electron chi connectivity index (χ4n) is 1.76. The minimum absolute atomic E-state index is 0.0320. The summed E-state index contributed by atoms with van der Waals surface area (Å²) in [6, 6.07) is 6.24. The van der Waals surface area contributed by atoms with Gasteiger partial charge in [-0.05, 0) is 24.3 Å². The molecule has 0 atom stereocenters. The van der Waals surface area contributed by atoms with Crippen LogP contribution in [-0.2, 0) is 10.0 Å². The van der Waals surface area contributed by atoms with Gasteiger partial charge in [-0.15, -0.1) is 4.91 Å². The lowest BCUT2D eigenvalue weighted by atomic mass is 10.2. The summed E-state index contributed by atoms with van der Waals surface area (Å²) in [6.07, 6.45) is 1.31. The molecule has 0 spiro atoms. The number of nitrogens with zero attached hydrogens (tertiary/aromatic N) is 2. The number of nitrogens with one attached hydrogen (secondary N) is 1. The molecule has 2 rings (SSSR count). The first-order chi connectivity index (χ1) is 10.9. The van der Waals surface area contributed by atoms with Crippen molar-refractivity contribution >= 4 is 27.3 Å². The van der Waals surface area contributed by atoms with Gasteiger partial charge in [0.2, 0.25) is 5.88 Å². The van der Waals surface area contributed by atoms with E-state index in [0.29, 0.717) is 0 Å². The number of benzene rings is 1. The average Bonchev–Trinajstić information content (AvgIpc) is 2.54. The van der Waals surface area contributed by atoms with Gasteiger partial charge in [0.1, 0.15) is 5.69 Å². The Morgan fingerprint density at radius 1 is 1.35 bits per heavy atom. The number of aromatic nitrogens is 1. The number of pyridine rings is 1. The normalized spacial score (nSPS) is 10.8. The second-order valence-corrected chi connectivity index (χ2v) is 6.04. The Kier molecular flexibility index (Phi) is 4.55. The maximum absolute atomic E-state index is 12.4. The lowest BCUT2D eigenvalue weighted by molar-refractivity contribution is 0.100. The standard InChI is InChI=1S/C13H12N4O5S/c1-22-13-11(6-9(14)7-15-13)17-23(20,21)10-4-2-3-8(5-10)12(18)16-19/h2-7,17H,14H2,1H3. The Morgan fingerprint density at radius 2 is 2.09 bits per heavy atom. The van der Waals surface area contributed by atoms with E-state index in [-0.39, 0.29) is 27.7 Å². The van der Waals surface area contributed by atoms with E-state index >= 15 is 0 Å². The molecule has 2 aromatic rings. The average molecular weight is 336 g/mol. The highest BCUT2D eigenvalue weighted by molar-refractivity contribution is 7.92. The number of anilines is 2. The molecule has 0 aliphatic rings. The monoisotopic (exact) mass is 336 g/mol. The first kappa shape index (κ1) is 16.4. The molecule has 3 N–H and O–H groups in total. The van der Waals surface area contributed by atoms with Crippen LogP contribution in [0.4, 0.5) is 11.4 Å². The van der Waals surface area contributed by atoms with E-state index in [0.717, 1.165) is 6.07 Å². The Labute approximate surface area is 131 Å². The van der Waals surface area contributed by atoms with E-state index in [1.165, 1.54) is 37.6 Å². The van der Waals surface area contributed by atoms with Crippen LogP contribution in [0.2, 0.25) is 0 Å². The summed E-state index contributed by atoms with van der Waals surface area (Å²) >= 11 is 0. The molecule has 0 saturated heterocycles. The van der Waals surface area contributed by atoms with Gasteiger partial charge in [-0.2, -0.15) is 0 Å². The van der Waals surface area contributed by atoms with Crippen LogP contribution < -0.4 is 15.2 Å². The Hall–Kier alpha value is -3.01. The van der Waals surface area contributed by atoms with E-state index in [1.807, 2.05) is 0 Å². The van der Waals surface area contributed by atoms with Crippen molar-refractivity contribution in [1.82, 2.24) is 4.98 Å². The largest absolute Gasteiger partial charge is 0.479 e. The van der Waals surface area contributed by atoms with Crippen LogP contribution in [0.3, 0.4) is 0 Å². The van der Waals surface area contributed by atoms with Crippen LogP contribution in [0.25, 0.3) is 0 Å². The van der Waals surface area contributed by atoms with E-state index in [2.05, 4.69) is 14.9 Å². The quantitative estimate of drug-likeness (QED) is 0.786. The zero-order chi connectivity index (χ0) is 17.0. The predicted octanol–water partition coefficient (Wildman–Crippen LogP) is 1.38. The highest BCUT2D eigenvalue weighted by Crippen LogP contribution is 2.26. The third-order valence-electron chi connectivity index (χ3n) is 2.78. The number of hydrogen-bond acceptors (Lipinski definition) is 7. The van der Waals surface area contributed by atoms with Gasteiger partial charge < -0.3 is 10.5 Å². The molecular formula is C13H12N4O5S. The van der Waals surface area contributed by atoms with Gasteiger partial charge in [0, 0.05) is 10.7 Å². The zero-order valence-corrected chi connectivity index (χ0v) is 12.7. The first-order valence-corrected chi connectivity index (χ1v) is 7.66. The molecule has 1 heterocycles. The minimum atomic E-state index is -4.05. The van der Waals surface area contributed by atoms with Crippen molar-refractivity contribution in [3.8, 4) is 5.88 Å². The molecular weight excluding hydrogens is 324 g/mol. The van der Waals surface area contributed by atoms with Gasteiger partial charge in [-0.1, -0.05) is 6.07 Å². The SMILES string of the molecule is COc1ncc(N)cc1NS(=O)(=O)c1cccc(C(=O)N=O)c1. The number of nitroso groups, excluding NO2 is 1. The third-order valence-corrected chi connectivity index (χ3v) is 4.15. The molecule has 0 saturated carbocycles. The smallest absolute Gasteiger partial charge is 0.316 e. The molecule has 23 heavy (non-hydrogen) atoms. The molecule has 1 amide bonds. The number of carbonyl (C=O) groups excluding carboxylic acids is 1. The van der Waals surface area contributed by atoms with Crippen LogP contribution in [0.1, 0.15) is 10.4 Å². The maximum Gasteiger partial charge on any atom is 0.316 e. The fraction of sp³-hybridized carbons (Fsp3) is 0.0769. The molecule has 1 aromatic carbocycles. The number of carbonyl (C=O) groups is 1. The second-order valence-electron chi connectivity index (χ2n) is 4.36. The summed E-state index contributed by atoms with van der Waals surface area (Å²) in [6.45, 7) is 0. The van der Waals surface area contributed by atoms with Crippen molar-refractivity contribution in [3.63, 3.8) is 0 Å². The fourth-order valence-corrected chi connectivity index (χ4v) is 2.85. The molecule has 10 heteroatoms. The third kappa shape index (κ3) is 3.61. The Balaban J connectivity index is 2.42. The number of rotatable bonds is 5. The van der Waals surface area contributed by atoms with Crippen molar-refractivity contribution in [3.05, 3.63) is 47.0 Å². The lowest BCUT2D eigenvalue weighted by Crippen LogP contribution is -2.15. The second kappa shape index (κ2) is 6.40. The van der Waals surface area contributed by atoms with E-state index in [1.54, 1.807) is 0 Å². The van der Waals surface area contributed by atoms with E-state index in [4.69, 9.17) is 10.5 Å². The van der Waals surface area contributed by atoms with Crippen molar-refractivity contribution in [1.29, 1.82) is 0 Å². The van der Waals surface area contributed by atoms with Crippen LogP contribution in [0.15, 0.2) is 46.6 Å². The van der Waals surface area contributed by atoms with Gasteiger partial charge >= 0.3 is 5.91 Å². The molecule has 0 fully saturated rings. The molecule has 120 valence electrons. The Bertz CT molecular complexity index is 866. The van der Waals surface area contributed by atoms with Crippen LogP contribution >= 0.6 is 0 Å². The number of nitrogen functional groups attached to an aromatic ring is 1. The van der Waals surface area contributed by atoms with Crippen LogP contribution in [-0.4, -0.2) is 26.4 Å². The summed E-state index contributed by atoms with van der Waals surface area (Å²) in [7, 11) is -2.72. The van der Waals surface area contributed by atoms with Crippen LogP contribution in [0, 0.1) is 4.91 Å². The van der Waals surface area contributed by atoms with Crippen molar-refractivity contribution in [2.45, 2.75) is 4.90 Å². The number of hydrogen-bond donors (Lipinski definition) is 2. The number of ether oxygens (including phenoxy) is 1. The molecule has 0 aliphatic carbocycles. The summed E-state index contributed by atoms with van der Waals surface area (Å²) < 4.78 is 32.0. The van der Waals surface area contributed by atoms with Gasteiger partial charge in [-0.3, -0.25) is 9.52 Å². The van der Waals surface area contributed by atoms with Gasteiger partial charge in [0.25, 0.3) is 10.0 Å². The van der Waals surface area contributed by atoms with Crippen molar-refractivity contribution < 1.29 is 17.9 Å². The highest BCUT2D eigenvalue weighted by Gasteiger charge is 2.19. The molecule has 9 nitrogen and oxygen atoms in total. The van der Waals surface area contributed by atoms with Gasteiger partial charge in [0.15, 0.2) is 0 Å². The maximum atomic E-state index is 12.4. The predicted molar refractivity (Wildman–Crippen MR) is 82.6 cm³/mol. The highest BCUT2D eigenvalue weighted by atomic mass is 32.2. The molecule has 0 unspecified atom stereocenters. The summed E-state index contributed by atoms with van der Waals surface area (Å²) in [4.78, 5) is 25.2. The lowest BCUT2D eigenvalue weighted by Gasteiger charge is -2.11. The van der Waals surface area contributed by atoms with Gasteiger partial charge in [-0.25, -0.2) is 13.4 Å². The Morgan fingerprint density at radius 3 is 2.74 bits per heavy atom. The first-order valence-electron chi connectivity index (χ1n) is 6.17. The topological polar surface area (TPSA) is 141 Å².